The molecule has 0 saturated carbocycles. The van der Waals surface area contributed by atoms with Gasteiger partial charge in [0, 0.05) is 12.2 Å². The van der Waals surface area contributed by atoms with E-state index in [2.05, 4.69) is 10.2 Å². The molecule has 9 heteroatoms. The third kappa shape index (κ3) is 5.63. The van der Waals surface area contributed by atoms with E-state index in [0.29, 0.717) is 42.9 Å². The summed E-state index contributed by atoms with van der Waals surface area (Å²) in [6.45, 7) is 3.09. The van der Waals surface area contributed by atoms with Crippen LogP contribution >= 0.6 is 11.8 Å². The van der Waals surface area contributed by atoms with Crippen LogP contribution in [0.2, 0.25) is 0 Å². The predicted octanol–water partition coefficient (Wildman–Crippen LogP) is 2.62. The Labute approximate surface area is 157 Å². The highest BCUT2D eigenvalue weighted by Gasteiger charge is 2.29. The van der Waals surface area contributed by atoms with Crippen LogP contribution in [0, 0.1) is 5.92 Å². The van der Waals surface area contributed by atoms with Crippen LogP contribution < -0.4 is 9.47 Å². The van der Waals surface area contributed by atoms with Crippen LogP contribution in [0.3, 0.4) is 0 Å². The standard InChI is InChI=1S/C17H22N2O5S2/c1-2-22-14-3-5-15(6-4-14)23-8-9-25-17-19-18-16(24-17)11-13-7-10-26(20,21)12-13/h3-6,13H,2,7-12H2,1H3. The summed E-state index contributed by atoms with van der Waals surface area (Å²) < 4.78 is 39.6. The number of hydrogen-bond acceptors (Lipinski definition) is 8. The number of thioether (sulfide) groups is 1. The molecule has 2 aromatic rings. The number of aromatic nitrogens is 2. The number of ether oxygens (including phenoxy) is 2. The fourth-order valence-electron chi connectivity index (χ4n) is 2.75. The Morgan fingerprint density at radius 1 is 1.19 bits per heavy atom. The van der Waals surface area contributed by atoms with Crippen LogP contribution in [0.15, 0.2) is 33.9 Å². The number of sulfone groups is 1. The van der Waals surface area contributed by atoms with Gasteiger partial charge in [-0.1, -0.05) is 11.8 Å². The van der Waals surface area contributed by atoms with Crippen molar-refractivity contribution in [3.8, 4) is 11.5 Å². The summed E-state index contributed by atoms with van der Waals surface area (Å²) in [6, 6.07) is 7.49. The van der Waals surface area contributed by atoms with Gasteiger partial charge in [0.2, 0.25) is 5.89 Å². The lowest BCUT2D eigenvalue weighted by molar-refractivity contribution is 0.331. The number of hydrogen-bond donors (Lipinski definition) is 0. The van der Waals surface area contributed by atoms with E-state index in [1.165, 1.54) is 11.8 Å². The second-order valence-electron chi connectivity index (χ2n) is 6.04. The van der Waals surface area contributed by atoms with Gasteiger partial charge in [0.1, 0.15) is 11.5 Å². The highest BCUT2D eigenvalue weighted by atomic mass is 32.2. The Morgan fingerprint density at radius 3 is 2.58 bits per heavy atom. The van der Waals surface area contributed by atoms with Gasteiger partial charge in [0.05, 0.1) is 24.7 Å². The van der Waals surface area contributed by atoms with Gasteiger partial charge in [-0.25, -0.2) is 8.42 Å². The van der Waals surface area contributed by atoms with Gasteiger partial charge >= 0.3 is 0 Å². The van der Waals surface area contributed by atoms with E-state index in [9.17, 15) is 8.42 Å². The summed E-state index contributed by atoms with van der Waals surface area (Å²) in [5, 5.41) is 8.48. The Bertz CT molecular complexity index is 805. The largest absolute Gasteiger partial charge is 0.494 e. The molecule has 1 aliphatic heterocycles. The molecule has 0 radical (unpaired) electrons. The minimum Gasteiger partial charge on any atom is -0.494 e. The number of benzene rings is 1. The van der Waals surface area contributed by atoms with Crippen molar-refractivity contribution in [2.45, 2.75) is 25.0 Å². The summed E-state index contributed by atoms with van der Waals surface area (Å²) in [5.41, 5.74) is 0. The van der Waals surface area contributed by atoms with Gasteiger partial charge in [0.15, 0.2) is 9.84 Å². The first kappa shape index (κ1) is 19.0. The fraction of sp³-hybridized carbons (Fsp3) is 0.529. The van der Waals surface area contributed by atoms with Crippen LogP contribution in [0.4, 0.5) is 0 Å². The normalized spacial score (nSPS) is 18.7. The van der Waals surface area contributed by atoms with Gasteiger partial charge in [-0.15, -0.1) is 10.2 Å². The molecule has 7 nitrogen and oxygen atoms in total. The third-order valence-electron chi connectivity index (χ3n) is 3.95. The van der Waals surface area contributed by atoms with Crippen molar-refractivity contribution in [2.75, 3.05) is 30.5 Å². The SMILES string of the molecule is CCOc1ccc(OCCSc2nnc(CC3CCS(=O)(=O)C3)o2)cc1. The van der Waals surface area contributed by atoms with Crippen LogP contribution in [0.25, 0.3) is 0 Å². The van der Waals surface area contributed by atoms with Crippen molar-refractivity contribution in [2.24, 2.45) is 5.92 Å². The topological polar surface area (TPSA) is 91.5 Å². The molecular formula is C17H22N2O5S2. The molecule has 0 spiro atoms. The molecule has 26 heavy (non-hydrogen) atoms. The van der Waals surface area contributed by atoms with Gasteiger partial charge in [-0.3, -0.25) is 0 Å². The van der Waals surface area contributed by atoms with Crippen LogP contribution in [0.1, 0.15) is 19.2 Å². The van der Waals surface area contributed by atoms with Gasteiger partial charge in [-0.2, -0.15) is 0 Å². The molecule has 142 valence electrons. The quantitative estimate of drug-likeness (QED) is 0.470. The lowest BCUT2D eigenvalue weighted by atomic mass is 10.1. The maximum atomic E-state index is 11.5. The lowest BCUT2D eigenvalue weighted by Crippen LogP contribution is -2.07. The molecule has 1 aliphatic rings. The van der Waals surface area contributed by atoms with Crippen LogP contribution in [-0.2, 0) is 16.3 Å². The monoisotopic (exact) mass is 398 g/mol. The zero-order valence-electron chi connectivity index (χ0n) is 14.6. The minimum atomic E-state index is -2.88. The van der Waals surface area contributed by atoms with E-state index in [-0.39, 0.29) is 17.4 Å². The van der Waals surface area contributed by atoms with Gasteiger partial charge in [-0.05, 0) is 43.5 Å². The van der Waals surface area contributed by atoms with Gasteiger partial charge < -0.3 is 13.9 Å². The van der Waals surface area contributed by atoms with Crippen molar-refractivity contribution in [1.29, 1.82) is 0 Å². The molecule has 0 bridgehead atoms. The van der Waals surface area contributed by atoms with Crippen LogP contribution in [-0.4, -0.2) is 49.1 Å². The molecule has 0 amide bonds. The van der Waals surface area contributed by atoms with Crippen molar-refractivity contribution in [3.63, 3.8) is 0 Å². The molecule has 0 aliphatic carbocycles. The van der Waals surface area contributed by atoms with E-state index in [0.717, 1.165) is 11.5 Å². The van der Waals surface area contributed by atoms with E-state index in [1.807, 2.05) is 31.2 Å². The first-order valence-electron chi connectivity index (χ1n) is 8.55. The fourth-order valence-corrected chi connectivity index (χ4v) is 5.20. The van der Waals surface area contributed by atoms with E-state index >= 15 is 0 Å². The second-order valence-corrected chi connectivity index (χ2v) is 9.31. The van der Waals surface area contributed by atoms with Crippen molar-refractivity contribution in [1.82, 2.24) is 10.2 Å². The number of nitrogens with zero attached hydrogens (tertiary/aromatic N) is 2. The predicted molar refractivity (Wildman–Crippen MR) is 98.6 cm³/mol. The van der Waals surface area contributed by atoms with Crippen molar-refractivity contribution < 1.29 is 22.3 Å². The first-order valence-corrected chi connectivity index (χ1v) is 11.4. The average Bonchev–Trinajstić information content (AvgIpc) is 3.19. The summed E-state index contributed by atoms with van der Waals surface area (Å²) in [5.74, 6) is 3.34. The Morgan fingerprint density at radius 2 is 1.92 bits per heavy atom. The number of rotatable bonds is 9. The van der Waals surface area contributed by atoms with E-state index < -0.39 is 9.84 Å². The molecule has 1 unspecified atom stereocenters. The van der Waals surface area contributed by atoms with Crippen molar-refractivity contribution >= 4 is 21.6 Å². The maximum Gasteiger partial charge on any atom is 0.276 e. The zero-order chi connectivity index (χ0) is 18.4. The zero-order valence-corrected chi connectivity index (χ0v) is 16.2. The van der Waals surface area contributed by atoms with E-state index in [1.54, 1.807) is 0 Å². The molecular weight excluding hydrogens is 376 g/mol. The highest BCUT2D eigenvalue weighted by molar-refractivity contribution is 7.99. The lowest BCUT2D eigenvalue weighted by Gasteiger charge is -2.06. The molecule has 2 heterocycles. The smallest absolute Gasteiger partial charge is 0.276 e. The first-order chi connectivity index (χ1) is 12.5. The van der Waals surface area contributed by atoms with Crippen molar-refractivity contribution in [3.05, 3.63) is 30.2 Å². The Hall–Kier alpha value is -1.74. The van der Waals surface area contributed by atoms with E-state index in [4.69, 9.17) is 13.9 Å². The summed E-state index contributed by atoms with van der Waals surface area (Å²) in [7, 11) is -2.88. The average molecular weight is 399 g/mol. The third-order valence-corrected chi connectivity index (χ3v) is 6.57. The molecule has 1 atom stereocenters. The second kappa shape index (κ2) is 8.77. The molecule has 1 aromatic carbocycles. The maximum absolute atomic E-state index is 11.5. The molecule has 0 N–H and O–H groups in total. The Kier molecular flexibility index (Phi) is 6.42. The highest BCUT2D eigenvalue weighted by Crippen LogP contribution is 2.24. The molecule has 1 aromatic heterocycles. The molecule has 1 saturated heterocycles. The Balaban J connectivity index is 1.38. The molecule has 1 fully saturated rings. The summed E-state index contributed by atoms with van der Waals surface area (Å²) in [4.78, 5) is 0. The summed E-state index contributed by atoms with van der Waals surface area (Å²) >= 11 is 1.42. The minimum absolute atomic E-state index is 0.0845. The van der Waals surface area contributed by atoms with Crippen LogP contribution in [0.5, 0.6) is 11.5 Å². The molecule has 3 rings (SSSR count). The van der Waals surface area contributed by atoms with Gasteiger partial charge in [0.25, 0.3) is 5.22 Å². The summed E-state index contributed by atoms with van der Waals surface area (Å²) in [6.07, 6.45) is 1.19.